The zero-order valence-corrected chi connectivity index (χ0v) is 18.1. The molecule has 0 heterocycles. The van der Waals surface area contributed by atoms with E-state index in [2.05, 4.69) is 52.0 Å². The van der Waals surface area contributed by atoms with Gasteiger partial charge in [-0.05, 0) is 36.6 Å². The summed E-state index contributed by atoms with van der Waals surface area (Å²) in [6.45, 7) is 9.76. The Bertz CT molecular complexity index is 443. The van der Waals surface area contributed by atoms with Gasteiger partial charge in [0.25, 0.3) is 0 Å². The molecule has 144 valence electrons. The highest BCUT2D eigenvalue weighted by Crippen LogP contribution is 2.27. The molecule has 3 heteroatoms. The molecule has 1 aromatic rings. The number of hydrogen-bond donors (Lipinski definition) is 0. The number of aryl methyl sites for hydroxylation is 1. The first-order valence-electron chi connectivity index (χ1n) is 10.6. The lowest BCUT2D eigenvalue weighted by atomic mass is 10.1. The van der Waals surface area contributed by atoms with E-state index in [1.165, 1.54) is 56.9 Å². The second-order valence-corrected chi connectivity index (χ2v) is 10.7. The van der Waals surface area contributed by atoms with E-state index in [1.54, 1.807) is 0 Å². The molecular formula is C22H40O2Si. The lowest BCUT2D eigenvalue weighted by Gasteiger charge is -2.30. The summed E-state index contributed by atoms with van der Waals surface area (Å²) in [5, 5.41) is 0. The number of rotatable bonds is 15. The number of benzene rings is 1. The van der Waals surface area contributed by atoms with Crippen LogP contribution < -0.4 is 4.43 Å². The van der Waals surface area contributed by atoms with Crippen LogP contribution in [0.15, 0.2) is 24.3 Å². The number of hydrogen-bond acceptors (Lipinski definition) is 2. The molecule has 0 amide bonds. The fourth-order valence-corrected chi connectivity index (χ4v) is 5.59. The van der Waals surface area contributed by atoms with Crippen molar-refractivity contribution in [2.24, 2.45) is 0 Å². The van der Waals surface area contributed by atoms with Crippen molar-refractivity contribution >= 4 is 8.56 Å². The van der Waals surface area contributed by atoms with Crippen molar-refractivity contribution in [2.45, 2.75) is 97.6 Å². The van der Waals surface area contributed by atoms with E-state index in [-0.39, 0.29) is 0 Å². The Morgan fingerprint density at radius 3 is 1.96 bits per heavy atom. The highest BCUT2D eigenvalue weighted by molar-refractivity contribution is 6.68. The maximum Gasteiger partial charge on any atom is 0.398 e. The van der Waals surface area contributed by atoms with Crippen LogP contribution in [0, 0.1) is 0 Å². The summed E-state index contributed by atoms with van der Waals surface area (Å²) in [6.07, 6.45) is 11.7. The van der Waals surface area contributed by atoms with E-state index < -0.39 is 8.56 Å². The van der Waals surface area contributed by atoms with Gasteiger partial charge in [0, 0.05) is 6.61 Å². The van der Waals surface area contributed by atoms with Gasteiger partial charge in [0.05, 0.1) is 0 Å². The first-order valence-corrected chi connectivity index (χ1v) is 12.8. The van der Waals surface area contributed by atoms with Gasteiger partial charge in [-0.15, -0.1) is 0 Å². The molecule has 0 fully saturated rings. The number of para-hydroxylation sites is 1. The summed E-state index contributed by atoms with van der Waals surface area (Å²) in [7, 11) is -2.12. The second-order valence-electron chi connectivity index (χ2n) is 7.00. The Labute approximate surface area is 157 Å². The van der Waals surface area contributed by atoms with Crippen molar-refractivity contribution in [1.82, 2.24) is 0 Å². The van der Waals surface area contributed by atoms with Crippen molar-refractivity contribution in [3.63, 3.8) is 0 Å². The number of unbranched alkanes of at least 4 members (excludes halogenated alkanes) is 7. The van der Waals surface area contributed by atoms with Crippen molar-refractivity contribution in [3.05, 3.63) is 29.8 Å². The Hall–Kier alpha value is -0.803. The second kappa shape index (κ2) is 13.4. The molecule has 0 aromatic heterocycles. The highest BCUT2D eigenvalue weighted by Gasteiger charge is 2.36. The third-order valence-corrected chi connectivity index (χ3v) is 8.57. The standard InChI is InChI=1S/C22H40O2Si/c1-5-9-10-11-12-13-14-17-20-23-25(7-3,8-4)24-22-19-16-15-18-21(22)6-2/h15-16,18-19H,5-14,17,20H2,1-4H3. The van der Waals surface area contributed by atoms with Gasteiger partial charge in [-0.1, -0.05) is 90.8 Å². The average molecular weight is 365 g/mol. The van der Waals surface area contributed by atoms with Crippen LogP contribution in [0.2, 0.25) is 12.1 Å². The van der Waals surface area contributed by atoms with Gasteiger partial charge in [-0.3, -0.25) is 0 Å². The molecular weight excluding hydrogens is 324 g/mol. The zero-order valence-electron chi connectivity index (χ0n) is 17.1. The molecule has 0 N–H and O–H groups in total. The molecule has 2 nitrogen and oxygen atoms in total. The molecule has 0 aliphatic rings. The van der Waals surface area contributed by atoms with Gasteiger partial charge in [0.2, 0.25) is 0 Å². The lowest BCUT2D eigenvalue weighted by Crippen LogP contribution is -2.44. The predicted molar refractivity (Wildman–Crippen MR) is 112 cm³/mol. The van der Waals surface area contributed by atoms with Crippen LogP contribution in [-0.4, -0.2) is 15.2 Å². The maximum atomic E-state index is 6.51. The maximum absolute atomic E-state index is 6.51. The Morgan fingerprint density at radius 2 is 1.36 bits per heavy atom. The predicted octanol–water partition coefficient (Wildman–Crippen LogP) is 7.27. The fourth-order valence-electron chi connectivity index (χ4n) is 3.22. The summed E-state index contributed by atoms with van der Waals surface area (Å²) in [6, 6.07) is 10.5. The Morgan fingerprint density at radius 1 is 0.760 bits per heavy atom. The Balaban J connectivity index is 2.37. The van der Waals surface area contributed by atoms with Crippen LogP contribution in [0.3, 0.4) is 0 Å². The van der Waals surface area contributed by atoms with Crippen LogP contribution in [0.5, 0.6) is 5.75 Å². The van der Waals surface area contributed by atoms with Crippen LogP contribution in [0.1, 0.15) is 84.6 Å². The highest BCUT2D eigenvalue weighted by atomic mass is 28.4. The fraction of sp³-hybridized carbons (Fsp3) is 0.727. The minimum Gasteiger partial charge on any atom is -0.520 e. The largest absolute Gasteiger partial charge is 0.520 e. The molecule has 0 spiro atoms. The molecule has 1 aromatic carbocycles. The molecule has 0 aliphatic carbocycles. The molecule has 0 saturated heterocycles. The van der Waals surface area contributed by atoms with Crippen LogP contribution in [0.25, 0.3) is 0 Å². The van der Waals surface area contributed by atoms with E-state index in [9.17, 15) is 0 Å². The topological polar surface area (TPSA) is 18.5 Å². The van der Waals surface area contributed by atoms with Gasteiger partial charge in [-0.2, -0.15) is 0 Å². The molecule has 0 saturated carbocycles. The molecule has 25 heavy (non-hydrogen) atoms. The van der Waals surface area contributed by atoms with Crippen LogP contribution in [-0.2, 0) is 10.8 Å². The first-order chi connectivity index (χ1) is 12.2. The SMILES string of the molecule is CCCCCCCCCCO[Si](CC)(CC)Oc1ccccc1CC. The van der Waals surface area contributed by atoms with Gasteiger partial charge >= 0.3 is 8.56 Å². The normalized spacial score (nSPS) is 11.7. The van der Waals surface area contributed by atoms with Gasteiger partial charge in [0.1, 0.15) is 5.75 Å². The smallest absolute Gasteiger partial charge is 0.398 e. The minimum atomic E-state index is -2.12. The van der Waals surface area contributed by atoms with E-state index in [0.29, 0.717) is 0 Å². The van der Waals surface area contributed by atoms with E-state index in [4.69, 9.17) is 8.85 Å². The summed E-state index contributed by atoms with van der Waals surface area (Å²) in [4.78, 5) is 0. The summed E-state index contributed by atoms with van der Waals surface area (Å²) in [5.41, 5.74) is 1.29. The Kier molecular flexibility index (Phi) is 11.9. The molecule has 1 rings (SSSR count). The first kappa shape index (κ1) is 22.2. The van der Waals surface area contributed by atoms with Gasteiger partial charge in [-0.25, -0.2) is 0 Å². The van der Waals surface area contributed by atoms with Crippen molar-refractivity contribution in [3.8, 4) is 5.75 Å². The molecule has 0 aliphatic heterocycles. The van der Waals surface area contributed by atoms with Gasteiger partial charge in [0.15, 0.2) is 0 Å². The van der Waals surface area contributed by atoms with Gasteiger partial charge < -0.3 is 8.85 Å². The summed E-state index contributed by atoms with van der Waals surface area (Å²) >= 11 is 0. The van der Waals surface area contributed by atoms with Crippen LogP contribution >= 0.6 is 0 Å². The third-order valence-electron chi connectivity index (χ3n) is 5.09. The van der Waals surface area contributed by atoms with E-state index in [1.807, 2.05) is 0 Å². The van der Waals surface area contributed by atoms with Crippen molar-refractivity contribution < 1.29 is 8.85 Å². The monoisotopic (exact) mass is 364 g/mol. The van der Waals surface area contributed by atoms with E-state index in [0.717, 1.165) is 30.9 Å². The zero-order chi connectivity index (χ0) is 18.4. The molecule has 0 radical (unpaired) electrons. The third kappa shape index (κ3) is 8.41. The summed E-state index contributed by atoms with van der Waals surface area (Å²) < 4.78 is 12.9. The molecule has 0 atom stereocenters. The lowest BCUT2D eigenvalue weighted by molar-refractivity contribution is 0.230. The molecule has 0 unspecified atom stereocenters. The molecule has 0 bridgehead atoms. The van der Waals surface area contributed by atoms with Crippen molar-refractivity contribution in [2.75, 3.05) is 6.61 Å². The van der Waals surface area contributed by atoms with Crippen molar-refractivity contribution in [1.29, 1.82) is 0 Å². The van der Waals surface area contributed by atoms with Crippen LogP contribution in [0.4, 0.5) is 0 Å². The minimum absolute atomic E-state index is 0.858. The summed E-state index contributed by atoms with van der Waals surface area (Å²) in [5.74, 6) is 1.04. The average Bonchev–Trinajstić information content (AvgIpc) is 2.66. The quantitative estimate of drug-likeness (QED) is 0.241. The van der Waals surface area contributed by atoms with E-state index >= 15 is 0 Å².